The number of rotatable bonds is 5. The molecule has 6 heteroatoms. The first-order chi connectivity index (χ1) is 13.8. The second kappa shape index (κ2) is 7.20. The Hall–Kier alpha value is -2.99. The van der Waals surface area contributed by atoms with Crippen molar-refractivity contribution < 1.29 is 9.32 Å². The van der Waals surface area contributed by atoms with E-state index in [0.29, 0.717) is 24.7 Å². The van der Waals surface area contributed by atoms with Crippen molar-refractivity contribution in [1.82, 2.24) is 15.0 Å². The molecule has 3 heterocycles. The minimum Gasteiger partial charge on any atom is -0.339 e. The maximum atomic E-state index is 12.7. The van der Waals surface area contributed by atoms with Crippen molar-refractivity contribution in [3.63, 3.8) is 0 Å². The molecule has 2 aliphatic heterocycles. The van der Waals surface area contributed by atoms with Gasteiger partial charge in [-0.2, -0.15) is 4.98 Å². The first kappa shape index (κ1) is 17.1. The number of aromatic nitrogens is 2. The molecule has 6 nitrogen and oxygen atoms in total. The number of anilines is 1. The van der Waals surface area contributed by atoms with Crippen LogP contribution in [0.15, 0.2) is 59.1 Å². The Bertz CT molecular complexity index is 979. The molecule has 0 aliphatic carbocycles. The Balaban J connectivity index is 1.15. The van der Waals surface area contributed by atoms with Crippen LogP contribution in [0.5, 0.6) is 0 Å². The minimum atomic E-state index is 0.165. The predicted molar refractivity (Wildman–Crippen MR) is 105 cm³/mol. The van der Waals surface area contributed by atoms with E-state index in [1.54, 1.807) is 0 Å². The van der Waals surface area contributed by atoms with Crippen LogP contribution >= 0.6 is 0 Å². The van der Waals surface area contributed by atoms with Gasteiger partial charge in [0.2, 0.25) is 11.8 Å². The third-order valence-corrected chi connectivity index (χ3v) is 5.54. The fourth-order valence-corrected chi connectivity index (χ4v) is 4.01. The lowest BCUT2D eigenvalue weighted by Crippen LogP contribution is -2.50. The molecule has 1 saturated heterocycles. The van der Waals surface area contributed by atoms with Crippen molar-refractivity contribution in [2.75, 3.05) is 31.1 Å². The van der Waals surface area contributed by atoms with Crippen LogP contribution in [0, 0.1) is 0 Å². The molecule has 28 heavy (non-hydrogen) atoms. The zero-order valence-corrected chi connectivity index (χ0v) is 15.6. The molecular weight excluding hydrogens is 352 g/mol. The number of hydrogen-bond donors (Lipinski definition) is 0. The highest BCUT2D eigenvalue weighted by Gasteiger charge is 2.35. The molecule has 0 radical (unpaired) electrons. The number of carbonyl (C=O) groups excluding carboxylic acids is 1. The lowest BCUT2D eigenvalue weighted by Gasteiger charge is -2.37. The molecule has 3 aromatic rings. The van der Waals surface area contributed by atoms with Crippen LogP contribution in [0.3, 0.4) is 0 Å². The molecule has 1 amide bonds. The Kier molecular flexibility index (Phi) is 4.41. The lowest BCUT2D eigenvalue weighted by atomic mass is 10.00. The summed E-state index contributed by atoms with van der Waals surface area (Å²) in [5, 5.41) is 4.11. The van der Waals surface area contributed by atoms with E-state index in [1.165, 1.54) is 11.1 Å². The SMILES string of the molecule is O=C(CN1CC(c2nc(Cc3ccccc3)no2)C1)N1CCc2ccccc21. The van der Waals surface area contributed by atoms with Gasteiger partial charge in [0, 0.05) is 31.7 Å². The predicted octanol–water partition coefficient (Wildman–Crippen LogP) is 2.65. The normalized spacial score (nSPS) is 16.8. The highest BCUT2D eigenvalue weighted by molar-refractivity contribution is 5.96. The van der Waals surface area contributed by atoms with Gasteiger partial charge in [0.15, 0.2) is 5.82 Å². The third-order valence-electron chi connectivity index (χ3n) is 5.54. The van der Waals surface area contributed by atoms with Crippen LogP contribution in [0.4, 0.5) is 5.69 Å². The van der Waals surface area contributed by atoms with Gasteiger partial charge in [-0.25, -0.2) is 0 Å². The van der Waals surface area contributed by atoms with Gasteiger partial charge in [0.25, 0.3) is 0 Å². The van der Waals surface area contributed by atoms with Crippen LogP contribution in [0.2, 0.25) is 0 Å². The van der Waals surface area contributed by atoms with E-state index in [-0.39, 0.29) is 11.8 Å². The van der Waals surface area contributed by atoms with Crippen LogP contribution in [0.25, 0.3) is 0 Å². The van der Waals surface area contributed by atoms with E-state index >= 15 is 0 Å². The fourth-order valence-electron chi connectivity index (χ4n) is 4.01. The van der Waals surface area contributed by atoms with Crippen LogP contribution < -0.4 is 4.90 Å². The van der Waals surface area contributed by atoms with Crippen molar-refractivity contribution in [1.29, 1.82) is 0 Å². The number of amides is 1. The molecule has 5 rings (SSSR count). The number of carbonyl (C=O) groups is 1. The summed E-state index contributed by atoms with van der Waals surface area (Å²) in [6.45, 7) is 2.79. The smallest absolute Gasteiger partial charge is 0.241 e. The van der Waals surface area contributed by atoms with Crippen molar-refractivity contribution >= 4 is 11.6 Å². The van der Waals surface area contributed by atoms with E-state index < -0.39 is 0 Å². The standard InChI is InChI=1S/C22H22N4O2/c27-21(26-11-10-17-8-4-5-9-19(17)26)15-25-13-18(14-25)22-23-20(24-28-22)12-16-6-2-1-3-7-16/h1-9,18H,10-15H2. The van der Waals surface area contributed by atoms with Crippen molar-refractivity contribution in [3.8, 4) is 0 Å². The topological polar surface area (TPSA) is 62.5 Å². The van der Waals surface area contributed by atoms with Gasteiger partial charge >= 0.3 is 0 Å². The fraction of sp³-hybridized carbons (Fsp3) is 0.318. The first-order valence-electron chi connectivity index (χ1n) is 9.73. The Morgan fingerprint density at radius 1 is 1.07 bits per heavy atom. The number of nitrogens with zero attached hydrogens (tertiary/aromatic N) is 4. The maximum Gasteiger partial charge on any atom is 0.241 e. The zero-order chi connectivity index (χ0) is 18.9. The summed E-state index contributed by atoms with van der Waals surface area (Å²) in [6.07, 6.45) is 1.62. The molecule has 2 aromatic carbocycles. The first-order valence-corrected chi connectivity index (χ1v) is 9.73. The van der Waals surface area contributed by atoms with E-state index in [0.717, 1.165) is 31.7 Å². The monoisotopic (exact) mass is 374 g/mol. The van der Waals surface area contributed by atoms with Crippen LogP contribution in [0.1, 0.15) is 28.8 Å². The van der Waals surface area contributed by atoms with E-state index in [2.05, 4.69) is 33.2 Å². The summed E-state index contributed by atoms with van der Waals surface area (Å²) in [5.74, 6) is 1.78. The molecule has 0 N–H and O–H groups in total. The number of benzene rings is 2. The van der Waals surface area contributed by atoms with Gasteiger partial charge < -0.3 is 9.42 Å². The average Bonchev–Trinajstić information content (AvgIpc) is 3.32. The third kappa shape index (κ3) is 3.31. The largest absolute Gasteiger partial charge is 0.339 e. The number of fused-ring (bicyclic) bond motifs is 1. The van der Waals surface area contributed by atoms with Gasteiger partial charge in [-0.15, -0.1) is 0 Å². The maximum absolute atomic E-state index is 12.7. The molecule has 1 fully saturated rings. The minimum absolute atomic E-state index is 0.165. The molecule has 0 saturated carbocycles. The molecule has 0 spiro atoms. The summed E-state index contributed by atoms with van der Waals surface area (Å²) in [5.41, 5.74) is 3.49. The summed E-state index contributed by atoms with van der Waals surface area (Å²) in [4.78, 5) is 21.3. The number of hydrogen-bond acceptors (Lipinski definition) is 5. The van der Waals surface area contributed by atoms with E-state index in [4.69, 9.17) is 4.52 Å². The quantitative estimate of drug-likeness (QED) is 0.687. The molecular formula is C22H22N4O2. The van der Waals surface area contributed by atoms with Gasteiger partial charge in [-0.3, -0.25) is 9.69 Å². The molecule has 142 valence electrons. The van der Waals surface area contributed by atoms with Crippen molar-refractivity contribution in [2.45, 2.75) is 18.8 Å². The lowest BCUT2D eigenvalue weighted by molar-refractivity contribution is -0.120. The molecule has 2 aliphatic rings. The summed E-state index contributed by atoms with van der Waals surface area (Å²) in [6, 6.07) is 18.3. The summed E-state index contributed by atoms with van der Waals surface area (Å²) < 4.78 is 5.46. The Labute approximate surface area is 163 Å². The summed E-state index contributed by atoms with van der Waals surface area (Å²) >= 11 is 0. The van der Waals surface area contributed by atoms with E-state index in [1.807, 2.05) is 41.3 Å². The van der Waals surface area contributed by atoms with Gasteiger partial charge in [-0.1, -0.05) is 53.7 Å². The second-order valence-electron chi connectivity index (χ2n) is 7.53. The molecule has 1 aromatic heterocycles. The van der Waals surface area contributed by atoms with Gasteiger partial charge in [-0.05, 0) is 23.6 Å². The van der Waals surface area contributed by atoms with Gasteiger partial charge in [0.05, 0.1) is 12.5 Å². The molecule has 0 atom stereocenters. The second-order valence-corrected chi connectivity index (χ2v) is 7.53. The summed E-state index contributed by atoms with van der Waals surface area (Å²) in [7, 11) is 0. The number of para-hydroxylation sites is 1. The Morgan fingerprint density at radius 3 is 2.71 bits per heavy atom. The number of likely N-dealkylation sites (tertiary alicyclic amines) is 1. The molecule has 0 bridgehead atoms. The highest BCUT2D eigenvalue weighted by atomic mass is 16.5. The van der Waals surface area contributed by atoms with Crippen molar-refractivity contribution in [3.05, 3.63) is 77.4 Å². The van der Waals surface area contributed by atoms with Gasteiger partial charge in [0.1, 0.15) is 0 Å². The zero-order valence-electron chi connectivity index (χ0n) is 15.6. The average molecular weight is 374 g/mol. The molecule has 0 unspecified atom stereocenters. The highest BCUT2D eigenvalue weighted by Crippen LogP contribution is 2.29. The van der Waals surface area contributed by atoms with Crippen LogP contribution in [-0.4, -0.2) is 47.1 Å². The van der Waals surface area contributed by atoms with Crippen LogP contribution in [-0.2, 0) is 17.6 Å². The van der Waals surface area contributed by atoms with Crippen molar-refractivity contribution in [2.24, 2.45) is 0 Å². The Morgan fingerprint density at radius 2 is 1.86 bits per heavy atom. The van der Waals surface area contributed by atoms with E-state index in [9.17, 15) is 4.79 Å².